The number of anilines is 3. The second-order valence-electron chi connectivity index (χ2n) is 7.07. The fraction of sp³-hybridized carbons (Fsp3) is 0.562. The number of hydrogen-bond acceptors (Lipinski definition) is 8. The number of H-pyrrole nitrogens is 1. The van der Waals surface area contributed by atoms with Crippen molar-refractivity contribution in [2.75, 3.05) is 16.3 Å². The predicted octanol–water partition coefficient (Wildman–Crippen LogP) is 2.75. The zero-order valence-corrected chi connectivity index (χ0v) is 17.5. The van der Waals surface area contributed by atoms with Crippen molar-refractivity contribution < 1.29 is 17.9 Å². The molecule has 0 bridgehead atoms. The van der Waals surface area contributed by atoms with Crippen LogP contribution in [-0.4, -0.2) is 48.1 Å². The lowest BCUT2D eigenvalue weighted by Crippen LogP contribution is -2.33. The summed E-state index contributed by atoms with van der Waals surface area (Å²) in [7, 11) is -3.33. The summed E-state index contributed by atoms with van der Waals surface area (Å²) in [6.45, 7) is 3.78. The van der Waals surface area contributed by atoms with Gasteiger partial charge in [0.05, 0.1) is 12.5 Å². The summed E-state index contributed by atoms with van der Waals surface area (Å²) in [5.41, 5.74) is 0.962. The Kier molecular flexibility index (Phi) is 6.08. The highest BCUT2D eigenvalue weighted by atomic mass is 32.2. The summed E-state index contributed by atoms with van der Waals surface area (Å²) in [6, 6.07) is 1.94. The Morgan fingerprint density at radius 1 is 1.39 bits per heavy atom. The van der Waals surface area contributed by atoms with Gasteiger partial charge in [0.2, 0.25) is 10.0 Å². The van der Waals surface area contributed by atoms with Crippen molar-refractivity contribution in [3.63, 3.8) is 0 Å². The van der Waals surface area contributed by atoms with E-state index in [1.165, 1.54) is 17.5 Å². The summed E-state index contributed by atoms with van der Waals surface area (Å²) < 4.78 is 30.4. The van der Waals surface area contributed by atoms with Crippen LogP contribution in [0.15, 0.2) is 12.3 Å². The number of carbonyl (C=O) groups is 1. The number of aromatic nitrogens is 3. The van der Waals surface area contributed by atoms with E-state index in [4.69, 9.17) is 4.74 Å². The Labute approximate surface area is 167 Å². The molecule has 2 heterocycles. The second kappa shape index (κ2) is 8.35. The van der Waals surface area contributed by atoms with Crippen LogP contribution in [0.25, 0.3) is 0 Å². The molecule has 28 heavy (non-hydrogen) atoms. The van der Waals surface area contributed by atoms with Gasteiger partial charge in [-0.05, 0) is 33.1 Å². The van der Waals surface area contributed by atoms with Crippen LogP contribution in [0.4, 0.5) is 20.7 Å². The molecule has 0 radical (unpaired) electrons. The SMILES string of the molecule is CC(C)NC(=O)O[C@@H]1CC[C@H](c2cc(Nc3ncc(NS(C)(=O)=O)s3)n[nH]2)C1. The van der Waals surface area contributed by atoms with Crippen LogP contribution in [0.2, 0.25) is 0 Å². The minimum atomic E-state index is -3.33. The van der Waals surface area contributed by atoms with E-state index in [1.807, 2.05) is 19.9 Å². The summed E-state index contributed by atoms with van der Waals surface area (Å²) in [5.74, 6) is 0.829. The van der Waals surface area contributed by atoms with Crippen molar-refractivity contribution in [3.05, 3.63) is 18.0 Å². The lowest BCUT2D eigenvalue weighted by atomic mass is 10.0. The van der Waals surface area contributed by atoms with Gasteiger partial charge in [-0.3, -0.25) is 9.82 Å². The molecule has 1 aliphatic carbocycles. The van der Waals surface area contributed by atoms with Crippen LogP contribution >= 0.6 is 11.3 Å². The first-order valence-electron chi connectivity index (χ1n) is 8.91. The van der Waals surface area contributed by atoms with Crippen LogP contribution < -0.4 is 15.4 Å². The average Bonchev–Trinajstić information content (AvgIpc) is 3.27. The van der Waals surface area contributed by atoms with E-state index in [1.54, 1.807) is 0 Å². The molecule has 2 aromatic heterocycles. The highest BCUT2D eigenvalue weighted by molar-refractivity contribution is 7.92. The number of sulfonamides is 1. The van der Waals surface area contributed by atoms with Crippen molar-refractivity contribution in [3.8, 4) is 0 Å². The van der Waals surface area contributed by atoms with Gasteiger partial charge in [-0.15, -0.1) is 0 Å². The maximum atomic E-state index is 11.7. The average molecular weight is 429 g/mol. The van der Waals surface area contributed by atoms with Crippen molar-refractivity contribution >= 4 is 43.4 Å². The first-order chi connectivity index (χ1) is 13.2. The number of thiazole rings is 1. The van der Waals surface area contributed by atoms with E-state index >= 15 is 0 Å². The van der Waals surface area contributed by atoms with E-state index in [2.05, 4.69) is 30.5 Å². The molecule has 10 nitrogen and oxygen atoms in total. The van der Waals surface area contributed by atoms with Gasteiger partial charge in [0, 0.05) is 23.7 Å². The fourth-order valence-electron chi connectivity index (χ4n) is 3.03. The van der Waals surface area contributed by atoms with Gasteiger partial charge in [0.25, 0.3) is 0 Å². The molecule has 12 heteroatoms. The lowest BCUT2D eigenvalue weighted by molar-refractivity contribution is 0.0981. The maximum Gasteiger partial charge on any atom is 0.407 e. The number of aromatic amines is 1. The van der Waals surface area contributed by atoms with E-state index in [-0.39, 0.29) is 24.2 Å². The van der Waals surface area contributed by atoms with Gasteiger partial charge in [0.15, 0.2) is 10.9 Å². The number of nitrogens with zero attached hydrogens (tertiary/aromatic N) is 2. The molecule has 0 aliphatic heterocycles. The summed E-state index contributed by atoms with van der Waals surface area (Å²) in [4.78, 5) is 15.9. The van der Waals surface area contributed by atoms with Crippen LogP contribution in [0.1, 0.15) is 44.7 Å². The standard InChI is InChI=1S/C16H24N6O4S2/c1-9(2)18-16(23)26-11-5-4-10(6-11)12-7-13(21-20-12)19-15-17-8-14(27-15)22-28(3,24)25/h7-11,22H,4-6H2,1-3H3,(H,18,23)(H2,17,19,20,21)/t10-,11+/m0/s1. The molecular formula is C16H24N6O4S2. The van der Waals surface area contributed by atoms with Crippen molar-refractivity contribution in [1.82, 2.24) is 20.5 Å². The highest BCUT2D eigenvalue weighted by Gasteiger charge is 2.30. The normalized spacial score (nSPS) is 19.6. The number of nitrogens with one attached hydrogen (secondary N) is 4. The van der Waals surface area contributed by atoms with E-state index < -0.39 is 10.0 Å². The number of rotatable bonds is 7. The number of ether oxygens (including phenoxy) is 1. The molecule has 2 aromatic rings. The third-order valence-electron chi connectivity index (χ3n) is 4.13. The highest BCUT2D eigenvalue weighted by Crippen LogP contribution is 2.36. The smallest absolute Gasteiger partial charge is 0.407 e. The molecule has 154 valence electrons. The first-order valence-corrected chi connectivity index (χ1v) is 11.6. The molecule has 1 amide bonds. The third-order valence-corrected chi connectivity index (χ3v) is 5.68. The van der Waals surface area contributed by atoms with Gasteiger partial charge < -0.3 is 15.4 Å². The molecule has 1 fully saturated rings. The monoisotopic (exact) mass is 428 g/mol. The molecule has 1 aliphatic rings. The zero-order valence-electron chi connectivity index (χ0n) is 15.9. The molecular weight excluding hydrogens is 404 g/mol. The van der Waals surface area contributed by atoms with Gasteiger partial charge in [0.1, 0.15) is 11.1 Å². The zero-order chi connectivity index (χ0) is 20.3. The molecule has 0 saturated heterocycles. The minimum Gasteiger partial charge on any atom is -0.446 e. The number of alkyl carbamates (subject to hydrolysis) is 1. The third kappa shape index (κ3) is 5.83. The van der Waals surface area contributed by atoms with E-state index in [9.17, 15) is 13.2 Å². The van der Waals surface area contributed by atoms with Crippen LogP contribution in [0, 0.1) is 0 Å². The summed E-state index contributed by atoms with van der Waals surface area (Å²) >= 11 is 1.18. The Bertz CT molecular complexity index is 923. The molecule has 2 atom stereocenters. The predicted molar refractivity (Wildman–Crippen MR) is 108 cm³/mol. The molecule has 4 N–H and O–H groups in total. The van der Waals surface area contributed by atoms with Crippen LogP contribution in [0.5, 0.6) is 0 Å². The lowest BCUT2D eigenvalue weighted by Gasteiger charge is -2.14. The number of amides is 1. The van der Waals surface area contributed by atoms with Crippen molar-refractivity contribution in [1.29, 1.82) is 0 Å². The molecule has 3 rings (SSSR count). The van der Waals surface area contributed by atoms with Crippen molar-refractivity contribution in [2.24, 2.45) is 0 Å². The van der Waals surface area contributed by atoms with Crippen molar-refractivity contribution in [2.45, 2.75) is 51.2 Å². The van der Waals surface area contributed by atoms with Gasteiger partial charge in [-0.25, -0.2) is 18.2 Å². The quantitative estimate of drug-likeness (QED) is 0.532. The Hall–Kier alpha value is -2.34. The van der Waals surface area contributed by atoms with Gasteiger partial charge >= 0.3 is 6.09 Å². The summed E-state index contributed by atoms with van der Waals surface area (Å²) in [5, 5.41) is 14.0. The summed E-state index contributed by atoms with van der Waals surface area (Å²) in [6.07, 6.45) is 4.51. The molecule has 0 spiro atoms. The van der Waals surface area contributed by atoms with Crippen LogP contribution in [-0.2, 0) is 14.8 Å². The topological polar surface area (TPSA) is 138 Å². The maximum absolute atomic E-state index is 11.7. The Morgan fingerprint density at radius 2 is 2.18 bits per heavy atom. The number of carbonyl (C=O) groups excluding carboxylic acids is 1. The Balaban J connectivity index is 1.54. The van der Waals surface area contributed by atoms with E-state index in [0.29, 0.717) is 16.0 Å². The van der Waals surface area contributed by atoms with Gasteiger partial charge in [-0.1, -0.05) is 11.3 Å². The minimum absolute atomic E-state index is 0.0463. The largest absolute Gasteiger partial charge is 0.446 e. The molecule has 0 aromatic carbocycles. The Morgan fingerprint density at radius 3 is 2.89 bits per heavy atom. The molecule has 1 saturated carbocycles. The number of hydrogen-bond donors (Lipinski definition) is 4. The van der Waals surface area contributed by atoms with Gasteiger partial charge in [-0.2, -0.15) is 5.10 Å². The fourth-order valence-corrected chi connectivity index (χ4v) is 4.65. The molecule has 0 unspecified atom stereocenters. The second-order valence-corrected chi connectivity index (χ2v) is 9.85. The van der Waals surface area contributed by atoms with Crippen LogP contribution in [0.3, 0.4) is 0 Å². The first kappa shape index (κ1) is 20.4. The van der Waals surface area contributed by atoms with E-state index in [0.717, 1.165) is 31.2 Å².